The van der Waals surface area contributed by atoms with Crippen molar-refractivity contribution in [3.05, 3.63) is 12.2 Å². The third-order valence-corrected chi connectivity index (χ3v) is 1.97. The van der Waals surface area contributed by atoms with Gasteiger partial charge in [-0.25, -0.2) is 0 Å². The van der Waals surface area contributed by atoms with Gasteiger partial charge in [0.2, 0.25) is 0 Å². The quantitative estimate of drug-likeness (QED) is 0.438. The summed E-state index contributed by atoms with van der Waals surface area (Å²) >= 11 is 0. The van der Waals surface area contributed by atoms with E-state index in [2.05, 4.69) is 19.1 Å². The Morgan fingerprint density at radius 2 is 1.58 bits per heavy atom. The fourth-order valence-electron chi connectivity index (χ4n) is 1.14. The number of allylic oxidation sites excluding steroid dienone is 2. The summed E-state index contributed by atoms with van der Waals surface area (Å²) in [6.07, 6.45) is 13.5. The largest absolute Gasteiger partial charge is 0.330 e. The van der Waals surface area contributed by atoms with Gasteiger partial charge in [0.25, 0.3) is 0 Å². The molecular formula is C11H23N. The minimum atomic E-state index is 0.847. The van der Waals surface area contributed by atoms with Crippen molar-refractivity contribution < 1.29 is 0 Å². The van der Waals surface area contributed by atoms with Crippen molar-refractivity contribution in [3.63, 3.8) is 0 Å². The van der Waals surface area contributed by atoms with Crippen molar-refractivity contribution in [3.8, 4) is 0 Å². The van der Waals surface area contributed by atoms with Crippen molar-refractivity contribution >= 4 is 0 Å². The average Bonchev–Trinajstić information content (AvgIpc) is 2.10. The zero-order valence-electron chi connectivity index (χ0n) is 8.39. The first-order valence-electron chi connectivity index (χ1n) is 5.27. The Morgan fingerprint density at radius 1 is 0.917 bits per heavy atom. The third kappa shape index (κ3) is 9.70. The van der Waals surface area contributed by atoms with Crippen molar-refractivity contribution in [1.82, 2.24) is 0 Å². The van der Waals surface area contributed by atoms with Crippen LogP contribution >= 0.6 is 0 Å². The van der Waals surface area contributed by atoms with Crippen LogP contribution in [0.2, 0.25) is 0 Å². The van der Waals surface area contributed by atoms with Crippen LogP contribution in [0.5, 0.6) is 0 Å². The summed E-state index contributed by atoms with van der Waals surface area (Å²) in [6, 6.07) is 0. The topological polar surface area (TPSA) is 26.0 Å². The van der Waals surface area contributed by atoms with E-state index in [1.54, 1.807) is 0 Å². The minimum absolute atomic E-state index is 0.847. The zero-order valence-corrected chi connectivity index (χ0v) is 8.39. The van der Waals surface area contributed by atoms with Gasteiger partial charge in [0.05, 0.1) is 0 Å². The lowest BCUT2D eigenvalue weighted by molar-refractivity contribution is 0.694. The zero-order chi connectivity index (χ0) is 9.07. The molecule has 0 heterocycles. The van der Waals surface area contributed by atoms with Gasteiger partial charge in [0, 0.05) is 0 Å². The molecule has 0 saturated carbocycles. The van der Waals surface area contributed by atoms with Crippen LogP contribution in [-0.2, 0) is 0 Å². The van der Waals surface area contributed by atoms with Crippen LogP contribution in [0.1, 0.15) is 51.9 Å². The van der Waals surface area contributed by atoms with E-state index in [9.17, 15) is 0 Å². The third-order valence-electron chi connectivity index (χ3n) is 1.97. The maximum absolute atomic E-state index is 5.39. The number of hydrogen-bond donors (Lipinski definition) is 1. The number of hydrogen-bond acceptors (Lipinski definition) is 1. The van der Waals surface area contributed by atoms with E-state index < -0.39 is 0 Å². The van der Waals surface area contributed by atoms with E-state index in [-0.39, 0.29) is 0 Å². The second-order valence-electron chi connectivity index (χ2n) is 3.25. The Bertz CT molecular complexity index is 97.2. The highest BCUT2D eigenvalue weighted by Gasteiger charge is 1.84. The molecule has 0 atom stereocenters. The van der Waals surface area contributed by atoms with Crippen LogP contribution in [0.4, 0.5) is 0 Å². The van der Waals surface area contributed by atoms with E-state index in [0.29, 0.717) is 0 Å². The van der Waals surface area contributed by atoms with Crippen molar-refractivity contribution in [2.45, 2.75) is 51.9 Å². The SMILES string of the molecule is CCCC/C=C/CCCCCN. The van der Waals surface area contributed by atoms with Crippen molar-refractivity contribution in [2.75, 3.05) is 6.54 Å². The highest BCUT2D eigenvalue weighted by molar-refractivity contribution is 4.80. The van der Waals surface area contributed by atoms with E-state index in [0.717, 1.165) is 6.54 Å². The van der Waals surface area contributed by atoms with Gasteiger partial charge in [-0.15, -0.1) is 0 Å². The van der Waals surface area contributed by atoms with Gasteiger partial charge in [0.1, 0.15) is 0 Å². The predicted octanol–water partition coefficient (Wildman–Crippen LogP) is 3.25. The van der Waals surface area contributed by atoms with Gasteiger partial charge in [-0.2, -0.15) is 0 Å². The molecule has 72 valence electrons. The lowest BCUT2D eigenvalue weighted by Crippen LogP contribution is -1.97. The Labute approximate surface area is 77.0 Å². The molecule has 0 saturated heterocycles. The number of unbranched alkanes of at least 4 members (excludes halogenated alkanes) is 5. The van der Waals surface area contributed by atoms with E-state index in [1.807, 2.05) is 0 Å². The fourth-order valence-corrected chi connectivity index (χ4v) is 1.14. The molecule has 0 fully saturated rings. The molecule has 0 aliphatic rings. The summed E-state index contributed by atoms with van der Waals surface area (Å²) in [4.78, 5) is 0. The molecule has 0 rings (SSSR count). The molecular weight excluding hydrogens is 146 g/mol. The average molecular weight is 169 g/mol. The van der Waals surface area contributed by atoms with Crippen LogP contribution in [0.3, 0.4) is 0 Å². The Balaban J connectivity index is 2.92. The van der Waals surface area contributed by atoms with Gasteiger partial charge < -0.3 is 5.73 Å². The molecule has 2 N–H and O–H groups in total. The van der Waals surface area contributed by atoms with Gasteiger partial charge in [-0.3, -0.25) is 0 Å². The molecule has 0 aromatic carbocycles. The van der Waals surface area contributed by atoms with Crippen LogP contribution in [0.15, 0.2) is 12.2 Å². The fraction of sp³-hybridized carbons (Fsp3) is 0.818. The molecule has 0 amide bonds. The molecule has 0 aromatic rings. The highest BCUT2D eigenvalue weighted by Crippen LogP contribution is 2.01. The second-order valence-corrected chi connectivity index (χ2v) is 3.25. The van der Waals surface area contributed by atoms with Gasteiger partial charge in [0.15, 0.2) is 0 Å². The highest BCUT2D eigenvalue weighted by atomic mass is 14.5. The monoisotopic (exact) mass is 169 g/mol. The molecule has 0 aliphatic heterocycles. The van der Waals surface area contributed by atoms with Gasteiger partial charge in [-0.1, -0.05) is 38.3 Å². The first-order chi connectivity index (χ1) is 5.91. The summed E-state index contributed by atoms with van der Waals surface area (Å²) in [7, 11) is 0. The summed E-state index contributed by atoms with van der Waals surface area (Å²) in [5, 5.41) is 0. The Kier molecular flexibility index (Phi) is 10.4. The number of rotatable bonds is 8. The molecule has 0 aromatic heterocycles. The predicted molar refractivity (Wildman–Crippen MR) is 56.2 cm³/mol. The van der Waals surface area contributed by atoms with E-state index >= 15 is 0 Å². The maximum Gasteiger partial charge on any atom is -0.00773 e. The van der Waals surface area contributed by atoms with Crippen LogP contribution < -0.4 is 5.73 Å². The van der Waals surface area contributed by atoms with Crippen LogP contribution in [-0.4, -0.2) is 6.54 Å². The van der Waals surface area contributed by atoms with E-state index in [1.165, 1.54) is 44.9 Å². The number of nitrogens with two attached hydrogens (primary N) is 1. The molecule has 0 bridgehead atoms. The summed E-state index contributed by atoms with van der Waals surface area (Å²) < 4.78 is 0. The molecule has 0 radical (unpaired) electrons. The Morgan fingerprint density at radius 3 is 2.17 bits per heavy atom. The van der Waals surface area contributed by atoms with Crippen molar-refractivity contribution in [1.29, 1.82) is 0 Å². The molecule has 0 aliphatic carbocycles. The lowest BCUT2D eigenvalue weighted by atomic mass is 10.1. The smallest absolute Gasteiger partial charge is 0.00773 e. The molecule has 1 heteroatoms. The minimum Gasteiger partial charge on any atom is -0.330 e. The summed E-state index contributed by atoms with van der Waals surface area (Å²) in [6.45, 7) is 3.08. The molecule has 0 spiro atoms. The second kappa shape index (κ2) is 10.7. The molecule has 1 nitrogen and oxygen atoms in total. The van der Waals surface area contributed by atoms with Crippen molar-refractivity contribution in [2.24, 2.45) is 5.73 Å². The lowest BCUT2D eigenvalue weighted by Gasteiger charge is -1.94. The normalized spacial score (nSPS) is 11.2. The first-order valence-corrected chi connectivity index (χ1v) is 5.27. The maximum atomic E-state index is 5.39. The van der Waals surface area contributed by atoms with Gasteiger partial charge >= 0.3 is 0 Å². The van der Waals surface area contributed by atoms with E-state index in [4.69, 9.17) is 5.73 Å². The molecule has 12 heavy (non-hydrogen) atoms. The summed E-state index contributed by atoms with van der Waals surface area (Å²) in [5.74, 6) is 0. The molecule has 0 unspecified atom stereocenters. The van der Waals surface area contributed by atoms with Crippen LogP contribution in [0, 0.1) is 0 Å². The first kappa shape index (κ1) is 11.7. The standard InChI is InChI=1S/C11H23N/c1-2-3-4-5-6-7-8-9-10-11-12/h5-6H,2-4,7-12H2,1H3/b6-5+. The van der Waals surface area contributed by atoms with Crippen LogP contribution in [0.25, 0.3) is 0 Å². The van der Waals surface area contributed by atoms with Gasteiger partial charge in [-0.05, 0) is 32.2 Å². The summed E-state index contributed by atoms with van der Waals surface area (Å²) in [5.41, 5.74) is 5.39. The Hall–Kier alpha value is -0.300.